The first-order chi connectivity index (χ1) is 10.7. The van der Waals surface area contributed by atoms with Gasteiger partial charge in [-0.2, -0.15) is 0 Å². The summed E-state index contributed by atoms with van der Waals surface area (Å²) in [4.78, 5) is 11.8. The van der Waals surface area contributed by atoms with E-state index in [1.165, 1.54) is 12.1 Å². The van der Waals surface area contributed by atoms with Crippen molar-refractivity contribution in [2.45, 2.75) is 6.61 Å². The maximum Gasteiger partial charge on any atom is 0.412 e. The lowest BCUT2D eigenvalue weighted by atomic mass is 10.2. The number of carbonyl (C=O) groups is 1. The van der Waals surface area contributed by atoms with E-state index in [0.29, 0.717) is 24.7 Å². The van der Waals surface area contributed by atoms with E-state index in [1.54, 1.807) is 0 Å². The van der Waals surface area contributed by atoms with Gasteiger partial charge in [-0.25, -0.2) is 4.79 Å². The van der Waals surface area contributed by atoms with Crippen LogP contribution in [0.4, 0.5) is 10.5 Å². The van der Waals surface area contributed by atoms with Crippen LogP contribution in [0.2, 0.25) is 0 Å². The molecule has 6 nitrogen and oxygen atoms in total. The second kappa shape index (κ2) is 6.26. The summed E-state index contributed by atoms with van der Waals surface area (Å²) in [7, 11) is 0. The molecule has 114 valence electrons. The van der Waals surface area contributed by atoms with Crippen molar-refractivity contribution in [1.29, 1.82) is 0 Å². The molecule has 2 N–H and O–H groups in total. The number of amides is 1. The molecule has 0 saturated carbocycles. The van der Waals surface area contributed by atoms with Gasteiger partial charge in [0.25, 0.3) is 0 Å². The van der Waals surface area contributed by atoms with Gasteiger partial charge in [0.1, 0.15) is 25.6 Å². The number of benzene rings is 2. The Morgan fingerprint density at radius 3 is 2.55 bits per heavy atom. The second-order valence-corrected chi connectivity index (χ2v) is 4.70. The van der Waals surface area contributed by atoms with Crippen LogP contribution < -0.4 is 14.8 Å². The summed E-state index contributed by atoms with van der Waals surface area (Å²) >= 11 is 0. The van der Waals surface area contributed by atoms with Crippen molar-refractivity contribution in [1.82, 2.24) is 0 Å². The number of fused-ring (bicyclic) bond motifs is 1. The fourth-order valence-electron chi connectivity index (χ4n) is 2.05. The number of anilines is 1. The zero-order valence-corrected chi connectivity index (χ0v) is 11.7. The number of phenolic OH excluding ortho intramolecular Hbond substituents is 1. The minimum Gasteiger partial charge on any atom is -0.506 e. The molecule has 1 aliphatic rings. The Balaban J connectivity index is 1.64. The minimum absolute atomic E-state index is 0.110. The number of aromatic hydroxyl groups is 1. The predicted octanol–water partition coefficient (Wildman–Crippen LogP) is 2.91. The Morgan fingerprint density at radius 2 is 1.82 bits per heavy atom. The molecule has 22 heavy (non-hydrogen) atoms. The Labute approximate surface area is 127 Å². The summed E-state index contributed by atoms with van der Waals surface area (Å²) in [5, 5.41) is 12.4. The quantitative estimate of drug-likeness (QED) is 0.852. The van der Waals surface area contributed by atoms with E-state index >= 15 is 0 Å². The zero-order chi connectivity index (χ0) is 15.4. The molecule has 0 radical (unpaired) electrons. The molecule has 0 spiro atoms. The van der Waals surface area contributed by atoms with Crippen molar-refractivity contribution >= 4 is 11.8 Å². The lowest BCUT2D eigenvalue weighted by Crippen LogP contribution is -2.17. The summed E-state index contributed by atoms with van der Waals surface area (Å²) in [6.45, 7) is 1.01. The van der Waals surface area contributed by atoms with E-state index in [0.717, 1.165) is 5.56 Å². The summed E-state index contributed by atoms with van der Waals surface area (Å²) in [5.74, 6) is 0.815. The lowest BCUT2D eigenvalue weighted by molar-refractivity contribution is 0.155. The molecule has 2 aromatic carbocycles. The number of rotatable bonds is 3. The lowest BCUT2D eigenvalue weighted by Gasteiger charge is -2.19. The summed E-state index contributed by atoms with van der Waals surface area (Å²) in [6, 6.07) is 12.2. The van der Waals surface area contributed by atoms with Crippen molar-refractivity contribution < 1.29 is 24.1 Å². The fraction of sp³-hybridized carbons (Fsp3) is 0.188. The third-order valence-electron chi connectivity index (χ3n) is 3.11. The molecular formula is C16H15NO5. The number of hydrogen-bond acceptors (Lipinski definition) is 5. The van der Waals surface area contributed by atoms with Gasteiger partial charge in [0.15, 0.2) is 11.5 Å². The highest BCUT2D eigenvalue weighted by Crippen LogP contribution is 2.38. The maximum atomic E-state index is 11.8. The van der Waals surface area contributed by atoms with Crippen molar-refractivity contribution in [2.75, 3.05) is 18.5 Å². The first-order valence-electron chi connectivity index (χ1n) is 6.83. The van der Waals surface area contributed by atoms with E-state index in [2.05, 4.69) is 5.32 Å². The van der Waals surface area contributed by atoms with Gasteiger partial charge in [0, 0.05) is 12.1 Å². The first-order valence-corrected chi connectivity index (χ1v) is 6.83. The topological polar surface area (TPSA) is 77.0 Å². The second-order valence-electron chi connectivity index (χ2n) is 4.70. The molecule has 3 rings (SSSR count). The van der Waals surface area contributed by atoms with Crippen molar-refractivity contribution in [2.24, 2.45) is 0 Å². The van der Waals surface area contributed by atoms with Gasteiger partial charge in [-0.05, 0) is 5.56 Å². The molecule has 2 aromatic rings. The number of hydrogen-bond donors (Lipinski definition) is 2. The standard InChI is InChI=1S/C16H15NO5/c18-13-9-15-14(20-6-7-21-15)8-12(13)17-16(19)22-10-11-4-2-1-3-5-11/h1-5,8-9,18H,6-7,10H2,(H,17,19). The zero-order valence-electron chi connectivity index (χ0n) is 11.7. The van der Waals surface area contributed by atoms with Crippen LogP contribution in [-0.4, -0.2) is 24.4 Å². The van der Waals surface area contributed by atoms with E-state index in [4.69, 9.17) is 14.2 Å². The average molecular weight is 301 g/mol. The molecule has 0 atom stereocenters. The van der Waals surface area contributed by atoms with Gasteiger partial charge >= 0.3 is 6.09 Å². The SMILES string of the molecule is O=C(Nc1cc2c(cc1O)OCCO2)OCc1ccccc1. The third-order valence-corrected chi connectivity index (χ3v) is 3.11. The van der Waals surface area contributed by atoms with Crippen LogP contribution in [0, 0.1) is 0 Å². The Morgan fingerprint density at radius 1 is 1.14 bits per heavy atom. The Kier molecular flexibility index (Phi) is 4.00. The highest BCUT2D eigenvalue weighted by atomic mass is 16.6. The largest absolute Gasteiger partial charge is 0.506 e. The van der Waals surface area contributed by atoms with E-state index in [-0.39, 0.29) is 18.0 Å². The average Bonchev–Trinajstić information content (AvgIpc) is 2.55. The van der Waals surface area contributed by atoms with Gasteiger partial charge in [-0.15, -0.1) is 0 Å². The monoisotopic (exact) mass is 301 g/mol. The van der Waals surface area contributed by atoms with E-state index in [9.17, 15) is 9.90 Å². The van der Waals surface area contributed by atoms with E-state index < -0.39 is 6.09 Å². The van der Waals surface area contributed by atoms with Crippen LogP contribution >= 0.6 is 0 Å². The molecule has 0 fully saturated rings. The van der Waals surface area contributed by atoms with Gasteiger partial charge in [-0.1, -0.05) is 30.3 Å². The molecule has 0 saturated heterocycles. The summed E-state index contributed by atoms with van der Waals surface area (Å²) < 4.78 is 15.8. The van der Waals surface area contributed by atoms with Crippen LogP contribution in [0.1, 0.15) is 5.56 Å². The van der Waals surface area contributed by atoms with Crippen LogP contribution in [-0.2, 0) is 11.3 Å². The maximum absolute atomic E-state index is 11.8. The Hall–Kier alpha value is -2.89. The molecule has 0 aromatic heterocycles. The molecule has 1 amide bonds. The number of carbonyl (C=O) groups excluding carboxylic acids is 1. The fourth-order valence-corrected chi connectivity index (χ4v) is 2.05. The highest BCUT2D eigenvalue weighted by Gasteiger charge is 2.17. The highest BCUT2D eigenvalue weighted by molar-refractivity contribution is 5.87. The first kappa shape index (κ1) is 14.1. The summed E-state index contributed by atoms with van der Waals surface area (Å²) in [5.41, 5.74) is 1.09. The molecular weight excluding hydrogens is 286 g/mol. The normalized spacial score (nSPS) is 12.5. The van der Waals surface area contributed by atoms with Gasteiger partial charge < -0.3 is 19.3 Å². The molecule has 0 bridgehead atoms. The van der Waals surface area contributed by atoms with Crippen LogP contribution in [0.25, 0.3) is 0 Å². The van der Waals surface area contributed by atoms with Crippen LogP contribution in [0.5, 0.6) is 17.2 Å². The van der Waals surface area contributed by atoms with Gasteiger partial charge in [0.05, 0.1) is 5.69 Å². The van der Waals surface area contributed by atoms with Crippen molar-refractivity contribution in [3.8, 4) is 17.2 Å². The summed E-state index contributed by atoms with van der Waals surface area (Å²) in [6.07, 6.45) is -0.657. The molecule has 6 heteroatoms. The molecule has 0 unspecified atom stereocenters. The van der Waals surface area contributed by atoms with Crippen LogP contribution in [0.3, 0.4) is 0 Å². The predicted molar refractivity (Wildman–Crippen MR) is 79.3 cm³/mol. The Bertz CT molecular complexity index is 672. The van der Waals surface area contributed by atoms with Gasteiger partial charge in [-0.3, -0.25) is 5.32 Å². The molecule has 1 heterocycles. The number of nitrogens with one attached hydrogen (secondary N) is 1. The number of ether oxygens (including phenoxy) is 3. The molecule has 1 aliphatic heterocycles. The number of phenols is 1. The van der Waals surface area contributed by atoms with Crippen LogP contribution in [0.15, 0.2) is 42.5 Å². The van der Waals surface area contributed by atoms with Gasteiger partial charge in [0.2, 0.25) is 0 Å². The van der Waals surface area contributed by atoms with Crippen molar-refractivity contribution in [3.63, 3.8) is 0 Å². The smallest absolute Gasteiger partial charge is 0.412 e. The minimum atomic E-state index is -0.657. The van der Waals surface area contributed by atoms with Crippen molar-refractivity contribution in [3.05, 3.63) is 48.0 Å². The molecule has 0 aliphatic carbocycles. The third kappa shape index (κ3) is 3.22. The van der Waals surface area contributed by atoms with E-state index in [1.807, 2.05) is 30.3 Å².